The van der Waals surface area contributed by atoms with Crippen LogP contribution in [0.3, 0.4) is 0 Å². The fraction of sp³-hybridized carbons (Fsp3) is 0. The molecule has 7 heteroatoms. The van der Waals surface area contributed by atoms with Crippen molar-refractivity contribution in [2.45, 2.75) is 0 Å². The monoisotopic (exact) mass is 211 g/mol. The van der Waals surface area contributed by atoms with Gasteiger partial charge in [0.1, 0.15) is 11.4 Å². The molecule has 0 bridgehead atoms. The summed E-state index contributed by atoms with van der Waals surface area (Å²) in [5, 5.41) is 10.5. The minimum Gasteiger partial charge on any atom is -0.385 e. The molecule has 0 N–H and O–H groups in total. The molecule has 0 spiro atoms. The third-order valence-electron chi connectivity index (χ3n) is 1.92. The van der Waals surface area contributed by atoms with E-state index < -0.39 is 39.5 Å². The van der Waals surface area contributed by atoms with Crippen LogP contribution >= 0.6 is 0 Å². The van der Waals surface area contributed by atoms with Gasteiger partial charge in [0.15, 0.2) is 5.56 Å². The van der Waals surface area contributed by atoms with Crippen molar-refractivity contribution >= 4 is 17.6 Å². The number of nitro benzene ring substituents is 1. The lowest BCUT2D eigenvalue weighted by atomic mass is 10.1. The van der Waals surface area contributed by atoms with Crippen molar-refractivity contribution in [1.82, 2.24) is 0 Å². The summed E-state index contributed by atoms with van der Waals surface area (Å²) in [4.78, 5) is 31.6. The van der Waals surface area contributed by atoms with Gasteiger partial charge in [0, 0.05) is 6.07 Å². The number of benzene rings is 1. The van der Waals surface area contributed by atoms with Gasteiger partial charge in [0.2, 0.25) is 0 Å². The van der Waals surface area contributed by atoms with Gasteiger partial charge >= 0.3 is 11.9 Å². The molecule has 0 saturated heterocycles. The van der Waals surface area contributed by atoms with E-state index in [4.69, 9.17) is 0 Å². The van der Waals surface area contributed by atoms with Crippen LogP contribution in [0.5, 0.6) is 0 Å². The Bertz CT molecular complexity index is 510. The number of esters is 2. The lowest BCUT2D eigenvalue weighted by Crippen LogP contribution is -2.01. The van der Waals surface area contributed by atoms with Crippen LogP contribution in [-0.4, -0.2) is 16.9 Å². The highest BCUT2D eigenvalue weighted by molar-refractivity contribution is 6.16. The van der Waals surface area contributed by atoms with Crippen molar-refractivity contribution in [3.63, 3.8) is 0 Å². The Labute approximate surface area is 81.4 Å². The van der Waals surface area contributed by atoms with Crippen molar-refractivity contribution in [3.05, 3.63) is 39.2 Å². The predicted molar refractivity (Wildman–Crippen MR) is 42.8 cm³/mol. The van der Waals surface area contributed by atoms with Crippen LogP contribution in [0.2, 0.25) is 0 Å². The van der Waals surface area contributed by atoms with Crippen molar-refractivity contribution in [1.29, 1.82) is 0 Å². The number of fused-ring (bicyclic) bond motifs is 1. The van der Waals surface area contributed by atoms with E-state index >= 15 is 0 Å². The van der Waals surface area contributed by atoms with Gasteiger partial charge < -0.3 is 4.74 Å². The van der Waals surface area contributed by atoms with Crippen LogP contribution in [0.1, 0.15) is 20.7 Å². The SMILES string of the molecule is O=C1OC(=O)c2c([N+](=O)[O-])ccc(F)c21. The first-order chi connectivity index (χ1) is 7.02. The molecule has 0 aromatic heterocycles. The number of rotatable bonds is 1. The zero-order valence-electron chi connectivity index (χ0n) is 7.02. The highest BCUT2D eigenvalue weighted by Crippen LogP contribution is 2.30. The van der Waals surface area contributed by atoms with Gasteiger partial charge in [-0.3, -0.25) is 10.1 Å². The first-order valence-electron chi connectivity index (χ1n) is 3.75. The number of cyclic esters (lactones) is 2. The van der Waals surface area contributed by atoms with E-state index in [0.717, 1.165) is 12.1 Å². The van der Waals surface area contributed by atoms with Crippen LogP contribution in [-0.2, 0) is 4.74 Å². The summed E-state index contributed by atoms with van der Waals surface area (Å²) in [6.07, 6.45) is 0. The minimum absolute atomic E-state index is 0.620. The Morgan fingerprint density at radius 2 is 1.80 bits per heavy atom. The standard InChI is InChI=1S/C8H2FNO5/c9-3-1-2-4(10(13)14)6-5(3)7(11)15-8(6)12/h1-2H. The van der Waals surface area contributed by atoms with Gasteiger partial charge in [0.25, 0.3) is 5.69 Å². The van der Waals surface area contributed by atoms with Gasteiger partial charge in [-0.2, -0.15) is 0 Å². The number of hydrogen-bond acceptors (Lipinski definition) is 5. The largest absolute Gasteiger partial charge is 0.385 e. The second-order valence-corrected chi connectivity index (χ2v) is 2.75. The van der Waals surface area contributed by atoms with Crippen molar-refractivity contribution in [3.8, 4) is 0 Å². The zero-order valence-corrected chi connectivity index (χ0v) is 7.02. The molecule has 6 nitrogen and oxygen atoms in total. The Morgan fingerprint density at radius 1 is 1.20 bits per heavy atom. The maximum atomic E-state index is 13.1. The van der Waals surface area contributed by atoms with E-state index in [1.54, 1.807) is 0 Å². The lowest BCUT2D eigenvalue weighted by Gasteiger charge is -1.96. The van der Waals surface area contributed by atoms with E-state index in [1.807, 2.05) is 0 Å². The molecular weight excluding hydrogens is 209 g/mol. The molecule has 0 aliphatic carbocycles. The normalized spacial score (nSPS) is 13.7. The van der Waals surface area contributed by atoms with Crippen molar-refractivity contribution in [2.24, 2.45) is 0 Å². The van der Waals surface area contributed by atoms with Crippen LogP contribution in [0, 0.1) is 15.9 Å². The molecule has 1 aromatic rings. The van der Waals surface area contributed by atoms with Crippen LogP contribution in [0.15, 0.2) is 12.1 Å². The van der Waals surface area contributed by atoms with E-state index in [1.165, 1.54) is 0 Å². The summed E-state index contributed by atoms with van der Waals surface area (Å²) < 4.78 is 17.2. The van der Waals surface area contributed by atoms with E-state index in [2.05, 4.69) is 4.74 Å². The number of carbonyl (C=O) groups is 2. The molecule has 76 valence electrons. The maximum absolute atomic E-state index is 13.1. The summed E-state index contributed by atoms with van der Waals surface area (Å²) >= 11 is 0. The Balaban J connectivity index is 2.81. The first kappa shape index (κ1) is 9.25. The Kier molecular flexibility index (Phi) is 1.75. The van der Waals surface area contributed by atoms with Gasteiger partial charge in [0.05, 0.1) is 4.92 Å². The summed E-state index contributed by atoms with van der Waals surface area (Å²) in [6.45, 7) is 0. The van der Waals surface area contributed by atoms with Gasteiger partial charge in [-0.15, -0.1) is 0 Å². The van der Waals surface area contributed by atoms with Crippen molar-refractivity contribution < 1.29 is 23.6 Å². The molecular formula is C8H2FNO5. The van der Waals surface area contributed by atoms with Crippen LogP contribution in [0.4, 0.5) is 10.1 Å². The highest BCUT2D eigenvalue weighted by Gasteiger charge is 2.39. The highest BCUT2D eigenvalue weighted by atomic mass is 19.1. The fourth-order valence-corrected chi connectivity index (χ4v) is 1.31. The molecule has 0 fully saturated rings. The average molecular weight is 211 g/mol. The molecule has 15 heavy (non-hydrogen) atoms. The van der Waals surface area contributed by atoms with Crippen LogP contribution in [0.25, 0.3) is 0 Å². The average Bonchev–Trinajstić information content (AvgIpc) is 2.43. The van der Waals surface area contributed by atoms with E-state index in [-0.39, 0.29) is 0 Å². The van der Waals surface area contributed by atoms with Gasteiger partial charge in [-0.25, -0.2) is 14.0 Å². The first-order valence-corrected chi connectivity index (χ1v) is 3.75. The van der Waals surface area contributed by atoms with Crippen LogP contribution < -0.4 is 0 Å². The molecule has 0 radical (unpaired) electrons. The molecule has 1 heterocycles. The third kappa shape index (κ3) is 1.17. The Morgan fingerprint density at radius 3 is 2.40 bits per heavy atom. The summed E-state index contributed by atoms with van der Waals surface area (Å²) in [5.74, 6) is -3.40. The van der Waals surface area contributed by atoms with Gasteiger partial charge in [-0.05, 0) is 6.07 Å². The molecule has 0 amide bonds. The summed E-state index contributed by atoms with van der Waals surface area (Å²) in [6, 6.07) is 1.56. The molecule has 1 aromatic carbocycles. The number of ether oxygens (including phenoxy) is 1. The fourth-order valence-electron chi connectivity index (χ4n) is 1.31. The summed E-state index contributed by atoms with van der Waals surface area (Å²) in [7, 11) is 0. The second-order valence-electron chi connectivity index (χ2n) is 2.75. The summed E-state index contributed by atoms with van der Waals surface area (Å²) in [5.41, 5.74) is -1.93. The Hall–Kier alpha value is -2.31. The lowest BCUT2D eigenvalue weighted by molar-refractivity contribution is -0.385. The number of halogens is 1. The molecule has 1 aliphatic heterocycles. The molecule has 0 saturated carbocycles. The predicted octanol–water partition coefficient (Wildman–Crippen LogP) is 1.04. The minimum atomic E-state index is -1.20. The van der Waals surface area contributed by atoms with Gasteiger partial charge in [-0.1, -0.05) is 0 Å². The molecule has 0 unspecified atom stereocenters. The third-order valence-corrected chi connectivity index (χ3v) is 1.92. The molecule has 1 aliphatic rings. The number of carbonyl (C=O) groups excluding carboxylic acids is 2. The topological polar surface area (TPSA) is 86.5 Å². The number of nitrogens with zero attached hydrogens (tertiary/aromatic N) is 1. The van der Waals surface area contributed by atoms with E-state index in [9.17, 15) is 24.1 Å². The second kappa shape index (κ2) is 2.84. The maximum Gasteiger partial charge on any atom is 0.354 e. The molecule has 0 atom stereocenters. The van der Waals surface area contributed by atoms with E-state index in [0.29, 0.717) is 0 Å². The van der Waals surface area contributed by atoms with Crippen molar-refractivity contribution in [2.75, 3.05) is 0 Å². The zero-order chi connectivity index (χ0) is 11.2. The smallest absolute Gasteiger partial charge is 0.354 e. The number of hydrogen-bond donors (Lipinski definition) is 0. The quantitative estimate of drug-likeness (QED) is 0.300. The number of nitro groups is 1. The molecule has 2 rings (SSSR count).